The summed E-state index contributed by atoms with van der Waals surface area (Å²) in [5.41, 5.74) is 2.49. The molecule has 4 aliphatic rings. The maximum Gasteiger partial charge on any atom is 0.408 e. The van der Waals surface area contributed by atoms with E-state index >= 15 is 8.78 Å². The number of alkyl halides is 1. The van der Waals surface area contributed by atoms with Crippen LogP contribution >= 0.6 is 0 Å². The third-order valence-electron chi connectivity index (χ3n) is 14.6. The minimum absolute atomic E-state index is 0.0458. The molecule has 2 aromatic heterocycles. The van der Waals surface area contributed by atoms with E-state index in [1.165, 1.54) is 24.3 Å². The molecule has 1 amide bonds. The molecule has 65 heavy (non-hydrogen) atoms. The Bertz CT molecular complexity index is 2680. The van der Waals surface area contributed by atoms with Crippen LogP contribution in [0.5, 0.6) is 11.8 Å². The Balaban J connectivity index is 1.33. The van der Waals surface area contributed by atoms with Gasteiger partial charge in [0.15, 0.2) is 12.6 Å². The number of sulfone groups is 1. The van der Waals surface area contributed by atoms with Crippen molar-refractivity contribution in [2.75, 3.05) is 63.6 Å². The molecule has 4 aliphatic heterocycles. The van der Waals surface area contributed by atoms with Gasteiger partial charge in [-0.2, -0.15) is 9.97 Å². The van der Waals surface area contributed by atoms with Crippen LogP contribution in [0.2, 0.25) is 16.6 Å². The van der Waals surface area contributed by atoms with Crippen LogP contribution in [0.3, 0.4) is 0 Å². The van der Waals surface area contributed by atoms with E-state index in [1.54, 1.807) is 23.1 Å². The van der Waals surface area contributed by atoms with Crippen molar-refractivity contribution in [2.24, 2.45) is 0 Å². The van der Waals surface area contributed by atoms with E-state index in [0.717, 1.165) is 19.2 Å². The van der Waals surface area contributed by atoms with Crippen LogP contribution < -0.4 is 14.4 Å². The van der Waals surface area contributed by atoms with Gasteiger partial charge in [-0.25, -0.2) is 26.4 Å². The van der Waals surface area contributed by atoms with Crippen molar-refractivity contribution in [1.82, 2.24) is 24.8 Å². The molecule has 13 nitrogen and oxygen atoms in total. The first kappa shape index (κ1) is 46.8. The summed E-state index contributed by atoms with van der Waals surface area (Å²) in [4.78, 5) is 32.0. The topological polar surface area (TPSA) is 148 Å². The molecule has 18 heteroatoms. The van der Waals surface area contributed by atoms with E-state index in [1.807, 2.05) is 0 Å². The number of rotatable bonds is 13. The van der Waals surface area contributed by atoms with Gasteiger partial charge in [-0.1, -0.05) is 53.5 Å². The van der Waals surface area contributed by atoms with Crippen LogP contribution in [0.1, 0.15) is 79.2 Å². The lowest BCUT2D eigenvalue weighted by atomic mass is 9.95. The molecule has 0 saturated carbocycles. The smallest absolute Gasteiger partial charge is 0.408 e. The number of pyridine rings is 1. The summed E-state index contributed by atoms with van der Waals surface area (Å²) >= 11 is 0. The fourth-order valence-electron chi connectivity index (χ4n) is 12.0. The number of amides is 1. The van der Waals surface area contributed by atoms with Crippen molar-refractivity contribution in [2.45, 2.75) is 114 Å². The molecular weight excluding hydrogens is 878 g/mol. The Hall–Kier alpha value is -4.70. The maximum atomic E-state index is 17.9. The van der Waals surface area contributed by atoms with Gasteiger partial charge in [-0.15, -0.1) is 5.54 Å². The summed E-state index contributed by atoms with van der Waals surface area (Å²) in [5.74, 6) is 1.93. The molecule has 1 N–H and O–H groups in total. The number of fused-ring (bicyclic) bond motifs is 5. The zero-order valence-corrected chi connectivity index (χ0v) is 40.2. The first-order valence-electron chi connectivity index (χ1n) is 22.5. The van der Waals surface area contributed by atoms with Gasteiger partial charge in [0, 0.05) is 56.6 Å². The number of aromatic nitrogens is 3. The van der Waals surface area contributed by atoms with E-state index in [9.17, 15) is 22.7 Å². The quantitative estimate of drug-likeness (QED) is 0.0781. The second-order valence-corrected chi connectivity index (χ2v) is 27.3. The van der Waals surface area contributed by atoms with Crippen LogP contribution in [0, 0.1) is 23.1 Å². The number of ether oxygens (including phenoxy) is 3. The van der Waals surface area contributed by atoms with Crippen molar-refractivity contribution in [3.63, 3.8) is 0 Å². The van der Waals surface area contributed by atoms with Crippen LogP contribution in [-0.2, 0) is 14.6 Å². The van der Waals surface area contributed by atoms with E-state index < -0.39 is 64.7 Å². The minimum atomic E-state index is -3.67. The third-order valence-corrected chi connectivity index (χ3v) is 21.9. The lowest BCUT2D eigenvalue weighted by molar-refractivity contribution is 0.0512. The lowest BCUT2D eigenvalue weighted by Crippen LogP contribution is -2.65. The Labute approximate surface area is 380 Å². The molecule has 6 heterocycles. The molecule has 350 valence electrons. The van der Waals surface area contributed by atoms with E-state index in [-0.39, 0.29) is 95.6 Å². The Morgan fingerprint density at radius 2 is 1.77 bits per heavy atom. The number of carboxylic acid groups (broad SMARTS) is 1. The molecule has 0 radical (unpaired) electrons. The summed E-state index contributed by atoms with van der Waals surface area (Å²) in [6, 6.07) is 5.48. The van der Waals surface area contributed by atoms with Gasteiger partial charge in [0.2, 0.25) is 0 Å². The van der Waals surface area contributed by atoms with E-state index in [0.29, 0.717) is 35.8 Å². The highest BCUT2D eigenvalue weighted by Gasteiger charge is 2.56. The number of nitrogens with zero attached hydrogens (tertiary/aromatic N) is 6. The number of piperazine rings is 1. The van der Waals surface area contributed by atoms with Gasteiger partial charge in [-0.05, 0) is 72.4 Å². The van der Waals surface area contributed by atoms with Gasteiger partial charge in [0.25, 0.3) is 0 Å². The van der Waals surface area contributed by atoms with Gasteiger partial charge in [0.05, 0.1) is 33.8 Å². The minimum Gasteiger partial charge on any atom is -0.468 e. The van der Waals surface area contributed by atoms with Gasteiger partial charge in [0.1, 0.15) is 59.3 Å². The maximum absolute atomic E-state index is 17.9. The average molecular weight is 937 g/mol. The van der Waals surface area contributed by atoms with Crippen molar-refractivity contribution in [1.29, 1.82) is 0 Å². The molecule has 2 aromatic carbocycles. The Kier molecular flexibility index (Phi) is 12.6. The molecule has 0 spiro atoms. The van der Waals surface area contributed by atoms with E-state index in [2.05, 4.69) is 62.9 Å². The molecule has 4 fully saturated rings. The molecule has 4 saturated heterocycles. The molecule has 2 unspecified atom stereocenters. The number of hydrogen-bond acceptors (Lipinski definition) is 11. The number of anilines is 1. The fourth-order valence-corrected chi connectivity index (χ4v) is 18.5. The fraction of sp³-hybridized carbons (Fsp3) is 0.574. The molecular formula is C47H59F3N6O7SSi. The molecule has 4 aromatic rings. The predicted octanol–water partition coefficient (Wildman–Crippen LogP) is 8.38. The summed E-state index contributed by atoms with van der Waals surface area (Å²) < 4.78 is 92.4. The van der Waals surface area contributed by atoms with Crippen molar-refractivity contribution >= 4 is 51.5 Å². The SMILES string of the molecule is COCOc1cc(-c2ncc3c(N4CC5CCC(CS(C)(=O)=O)(C4)N5C(=O)O)nc(OC[C@@]45CCCN4C[C@H](F)C5)nc3c2F)c2c(C#C[Si](C(C)C)(C(C)C)C(C)C)c(F)ccc2c1. The number of halogens is 3. The monoisotopic (exact) mass is 936 g/mol. The van der Waals surface area contributed by atoms with Crippen molar-refractivity contribution in [3.8, 4) is 34.5 Å². The van der Waals surface area contributed by atoms with Crippen molar-refractivity contribution in [3.05, 3.63) is 47.7 Å². The summed E-state index contributed by atoms with van der Waals surface area (Å²) in [7, 11) is -4.57. The van der Waals surface area contributed by atoms with Crippen molar-refractivity contribution < 1.29 is 45.7 Å². The predicted molar refractivity (Wildman–Crippen MR) is 247 cm³/mol. The highest BCUT2D eigenvalue weighted by Crippen LogP contribution is 2.46. The normalized spacial score (nSPS) is 23.5. The number of benzene rings is 2. The summed E-state index contributed by atoms with van der Waals surface area (Å²) in [6.07, 6.45) is 2.81. The van der Waals surface area contributed by atoms with Gasteiger partial charge >= 0.3 is 12.1 Å². The third kappa shape index (κ3) is 8.39. The van der Waals surface area contributed by atoms with Crippen LogP contribution in [0.15, 0.2) is 30.5 Å². The lowest BCUT2D eigenvalue weighted by Gasteiger charge is -2.47. The zero-order chi connectivity index (χ0) is 46.8. The van der Waals surface area contributed by atoms with Crippen LogP contribution in [0.4, 0.5) is 23.8 Å². The van der Waals surface area contributed by atoms with Crippen LogP contribution in [-0.4, -0.2) is 134 Å². The molecule has 4 atom stereocenters. The van der Waals surface area contributed by atoms with Gasteiger partial charge in [-0.3, -0.25) is 14.8 Å². The highest BCUT2D eigenvalue weighted by molar-refractivity contribution is 7.90. The number of carbonyl (C=O) groups is 1. The van der Waals surface area contributed by atoms with Crippen LogP contribution in [0.25, 0.3) is 32.9 Å². The average Bonchev–Trinajstić information content (AvgIpc) is 3.83. The second-order valence-electron chi connectivity index (χ2n) is 19.6. The van der Waals surface area contributed by atoms with E-state index in [4.69, 9.17) is 24.2 Å². The molecule has 8 rings (SSSR count). The first-order chi connectivity index (χ1) is 30.7. The summed E-state index contributed by atoms with van der Waals surface area (Å²) in [5, 5.41) is 11.4. The van der Waals surface area contributed by atoms with Gasteiger partial charge < -0.3 is 24.2 Å². The number of hydrogen-bond donors (Lipinski definition) is 1. The summed E-state index contributed by atoms with van der Waals surface area (Å²) in [6.45, 7) is 14.0. The second kappa shape index (κ2) is 17.5. The standard InChI is InChI=1S/C47H59F3N6O7SSi/c1-28(2)65(29(3)4,30(5)6)17-13-35-38(49)11-10-31-18-34(63-27-61-7)19-36(39(31)35)41-40(50)42-37(21-51-41)43(53-44(52-42)62-25-46-14-9-16-55(46)22-32(48)20-46)54-23-33-12-15-47(24-54,26-64(8,59)60)56(33)45(57)58/h10-11,18-19,21,28-30,32-33H,9,12,14-16,20,22-27H2,1-8H3,(H,57,58)/t32-,33?,46+,47?/m1/s1. The highest BCUT2D eigenvalue weighted by atomic mass is 32.2. The zero-order valence-electron chi connectivity index (χ0n) is 38.4. The first-order valence-corrected chi connectivity index (χ1v) is 26.8. The molecule has 2 bridgehead atoms. The Morgan fingerprint density at radius 1 is 1.03 bits per heavy atom. The number of methoxy groups -OCH3 is 1. The Morgan fingerprint density at radius 3 is 2.45 bits per heavy atom. The molecule has 0 aliphatic carbocycles. The largest absolute Gasteiger partial charge is 0.468 e.